The molecule has 0 aromatic heterocycles. The van der Waals surface area contributed by atoms with E-state index in [1.807, 2.05) is 0 Å². The van der Waals surface area contributed by atoms with Crippen LogP contribution in [0.3, 0.4) is 0 Å². The Morgan fingerprint density at radius 2 is 1.95 bits per heavy atom. The van der Waals surface area contributed by atoms with Gasteiger partial charge in [-0.1, -0.05) is 0 Å². The van der Waals surface area contributed by atoms with Gasteiger partial charge in [0.25, 0.3) is 0 Å². The molecule has 4 nitrogen and oxygen atoms in total. The smallest absolute Gasteiger partial charge is 0.407 e. The van der Waals surface area contributed by atoms with Crippen LogP contribution < -0.4 is 5.32 Å². The van der Waals surface area contributed by atoms with Gasteiger partial charge in [0.2, 0.25) is 0 Å². The molecule has 6 heteroatoms. The number of amides is 1. The summed E-state index contributed by atoms with van der Waals surface area (Å²) in [6.45, 7) is 5.80. The molecule has 1 aliphatic heterocycles. The number of carbonyl (C=O) groups is 1. The first kappa shape index (κ1) is 15.7. The lowest BCUT2D eigenvalue weighted by molar-refractivity contribution is 0.0495. The molecule has 1 saturated heterocycles. The van der Waals surface area contributed by atoms with Crippen molar-refractivity contribution in [2.45, 2.75) is 44.9 Å². The molecule has 1 amide bonds. The summed E-state index contributed by atoms with van der Waals surface area (Å²) in [5, 5.41) is 2.69. The van der Waals surface area contributed by atoms with Crippen LogP contribution in [0.15, 0.2) is 18.2 Å². The summed E-state index contributed by atoms with van der Waals surface area (Å²) in [7, 11) is 0. The molecule has 1 heterocycles. The first-order valence-electron chi connectivity index (χ1n) is 6.79. The molecule has 0 aliphatic carbocycles. The van der Waals surface area contributed by atoms with Crippen molar-refractivity contribution < 1.29 is 23.0 Å². The summed E-state index contributed by atoms with van der Waals surface area (Å²) in [6, 6.07) is 2.93. The van der Waals surface area contributed by atoms with Crippen molar-refractivity contribution in [2.24, 2.45) is 0 Å². The van der Waals surface area contributed by atoms with Crippen molar-refractivity contribution in [2.75, 3.05) is 6.61 Å². The van der Waals surface area contributed by atoms with Gasteiger partial charge < -0.3 is 14.8 Å². The molecule has 1 unspecified atom stereocenters. The van der Waals surface area contributed by atoms with Gasteiger partial charge in [0.05, 0.1) is 12.6 Å². The van der Waals surface area contributed by atoms with Gasteiger partial charge in [-0.25, -0.2) is 13.6 Å². The summed E-state index contributed by atoms with van der Waals surface area (Å²) in [5.74, 6) is -1.28. The van der Waals surface area contributed by atoms with E-state index in [2.05, 4.69) is 5.32 Å². The standard InChI is InChI=1S/C15H19F2NO3/c1-15(2,3)21-14(19)18-12(13-8-20-13)6-9-4-10(16)7-11(17)5-9/h4-5,7,12-13H,6,8H2,1-3H3,(H,18,19)/t12?,13-/m0/s1. The number of nitrogens with one attached hydrogen (secondary N) is 1. The number of carbonyl (C=O) groups excluding carboxylic acids is 1. The maximum atomic E-state index is 13.2. The van der Waals surface area contributed by atoms with Crippen LogP contribution in [0.1, 0.15) is 26.3 Å². The van der Waals surface area contributed by atoms with E-state index in [-0.39, 0.29) is 18.6 Å². The van der Waals surface area contributed by atoms with Crippen LogP contribution in [0.4, 0.5) is 13.6 Å². The number of hydrogen-bond donors (Lipinski definition) is 1. The van der Waals surface area contributed by atoms with Crippen molar-refractivity contribution in [3.63, 3.8) is 0 Å². The lowest BCUT2D eigenvalue weighted by Gasteiger charge is -2.23. The second kappa shape index (κ2) is 5.97. The average molecular weight is 299 g/mol. The van der Waals surface area contributed by atoms with Gasteiger partial charge in [0.1, 0.15) is 23.3 Å². The molecule has 1 N–H and O–H groups in total. The second-order valence-electron chi connectivity index (χ2n) is 6.11. The average Bonchev–Trinajstić information content (AvgIpc) is 3.06. The summed E-state index contributed by atoms with van der Waals surface area (Å²) >= 11 is 0. The van der Waals surface area contributed by atoms with Crippen LogP contribution in [0.25, 0.3) is 0 Å². The largest absolute Gasteiger partial charge is 0.444 e. The third-order valence-corrected chi connectivity index (χ3v) is 2.89. The minimum atomic E-state index is -0.641. The van der Waals surface area contributed by atoms with E-state index in [0.717, 1.165) is 6.07 Å². The van der Waals surface area contributed by atoms with Crippen LogP contribution in [-0.2, 0) is 15.9 Å². The van der Waals surface area contributed by atoms with E-state index in [0.29, 0.717) is 12.2 Å². The minimum absolute atomic E-state index is 0.149. The van der Waals surface area contributed by atoms with Gasteiger partial charge in [-0.05, 0) is 44.9 Å². The summed E-state index contributed by atoms with van der Waals surface area (Å²) in [6.07, 6.45) is -0.442. The number of epoxide rings is 1. The Hall–Kier alpha value is -1.69. The number of benzene rings is 1. The van der Waals surface area contributed by atoms with E-state index in [4.69, 9.17) is 9.47 Å². The highest BCUT2D eigenvalue weighted by Crippen LogP contribution is 2.20. The zero-order chi connectivity index (χ0) is 15.6. The van der Waals surface area contributed by atoms with Crippen molar-refractivity contribution in [1.82, 2.24) is 5.32 Å². The van der Waals surface area contributed by atoms with E-state index in [1.54, 1.807) is 20.8 Å². The van der Waals surface area contributed by atoms with Gasteiger partial charge in [0, 0.05) is 6.07 Å². The maximum absolute atomic E-state index is 13.2. The number of alkyl carbamates (subject to hydrolysis) is 1. The van der Waals surface area contributed by atoms with Crippen LogP contribution in [0.5, 0.6) is 0 Å². The SMILES string of the molecule is CC(C)(C)OC(=O)NC(Cc1cc(F)cc(F)c1)[C@@H]1CO1. The second-order valence-corrected chi connectivity index (χ2v) is 6.11. The Balaban J connectivity index is 2.01. The van der Waals surface area contributed by atoms with Gasteiger partial charge in [0.15, 0.2) is 0 Å². The van der Waals surface area contributed by atoms with Crippen molar-refractivity contribution >= 4 is 6.09 Å². The molecule has 0 radical (unpaired) electrons. The topological polar surface area (TPSA) is 50.9 Å². The summed E-state index contributed by atoms with van der Waals surface area (Å²) in [5.41, 5.74) is -0.145. The highest BCUT2D eigenvalue weighted by molar-refractivity contribution is 5.68. The zero-order valence-corrected chi connectivity index (χ0v) is 12.3. The molecule has 0 bridgehead atoms. The minimum Gasteiger partial charge on any atom is -0.444 e. The normalized spacial score (nSPS) is 19.0. The molecule has 1 aromatic rings. The van der Waals surface area contributed by atoms with E-state index >= 15 is 0 Å². The summed E-state index contributed by atoms with van der Waals surface area (Å²) in [4.78, 5) is 11.8. The molecule has 0 spiro atoms. The fraction of sp³-hybridized carbons (Fsp3) is 0.533. The highest BCUT2D eigenvalue weighted by atomic mass is 19.1. The monoisotopic (exact) mass is 299 g/mol. The van der Waals surface area contributed by atoms with Gasteiger partial charge in [-0.15, -0.1) is 0 Å². The molecule has 1 aliphatic rings. The van der Waals surface area contributed by atoms with Gasteiger partial charge in [-0.2, -0.15) is 0 Å². The lowest BCUT2D eigenvalue weighted by Crippen LogP contribution is -2.43. The zero-order valence-electron chi connectivity index (χ0n) is 12.3. The molecular formula is C15H19F2NO3. The first-order valence-corrected chi connectivity index (χ1v) is 6.79. The molecule has 0 saturated carbocycles. The third-order valence-electron chi connectivity index (χ3n) is 2.89. The van der Waals surface area contributed by atoms with Crippen LogP contribution >= 0.6 is 0 Å². The van der Waals surface area contributed by atoms with Crippen molar-refractivity contribution in [3.05, 3.63) is 35.4 Å². The van der Waals surface area contributed by atoms with Crippen LogP contribution in [0.2, 0.25) is 0 Å². The third kappa shape index (κ3) is 5.30. The molecule has 1 fully saturated rings. The van der Waals surface area contributed by atoms with Gasteiger partial charge >= 0.3 is 6.09 Å². The molecule has 21 heavy (non-hydrogen) atoms. The van der Waals surface area contributed by atoms with E-state index in [9.17, 15) is 13.6 Å². The van der Waals surface area contributed by atoms with Crippen LogP contribution in [0, 0.1) is 11.6 Å². The number of ether oxygens (including phenoxy) is 2. The lowest BCUT2D eigenvalue weighted by atomic mass is 10.0. The Bertz CT molecular complexity index is 504. The molecule has 116 valence electrons. The van der Waals surface area contributed by atoms with Crippen LogP contribution in [-0.4, -0.2) is 30.4 Å². The highest BCUT2D eigenvalue weighted by Gasteiger charge is 2.35. The fourth-order valence-electron chi connectivity index (χ4n) is 2.00. The molecule has 2 atom stereocenters. The summed E-state index contributed by atoms with van der Waals surface area (Å²) < 4.78 is 36.7. The van der Waals surface area contributed by atoms with E-state index in [1.165, 1.54) is 12.1 Å². The van der Waals surface area contributed by atoms with Gasteiger partial charge in [-0.3, -0.25) is 0 Å². The Morgan fingerprint density at radius 1 is 1.38 bits per heavy atom. The Labute approximate surface area is 122 Å². The Kier molecular flexibility index (Phi) is 4.46. The van der Waals surface area contributed by atoms with Crippen molar-refractivity contribution in [1.29, 1.82) is 0 Å². The quantitative estimate of drug-likeness (QED) is 0.870. The predicted octanol–water partition coefficient (Wildman–Crippen LogP) is 2.80. The predicted molar refractivity (Wildman–Crippen MR) is 73.0 cm³/mol. The van der Waals surface area contributed by atoms with Crippen molar-refractivity contribution in [3.8, 4) is 0 Å². The molecule has 1 aromatic carbocycles. The Morgan fingerprint density at radius 3 is 2.43 bits per heavy atom. The van der Waals surface area contributed by atoms with E-state index < -0.39 is 23.3 Å². The molecular weight excluding hydrogens is 280 g/mol. The number of halogens is 2. The first-order chi connectivity index (χ1) is 9.73. The number of rotatable bonds is 4. The number of hydrogen-bond acceptors (Lipinski definition) is 3. The molecule has 2 rings (SSSR count). The maximum Gasteiger partial charge on any atom is 0.407 e. The fourth-order valence-corrected chi connectivity index (χ4v) is 2.00.